The molecule has 1 amide bonds. The third kappa shape index (κ3) is 3.88. The number of anilines is 1. The van der Waals surface area contributed by atoms with Gasteiger partial charge in [0.2, 0.25) is 0 Å². The molecule has 0 aromatic heterocycles. The van der Waals surface area contributed by atoms with Crippen molar-refractivity contribution in [2.75, 3.05) is 5.32 Å². The van der Waals surface area contributed by atoms with Crippen molar-refractivity contribution in [2.45, 2.75) is 6.42 Å². The van der Waals surface area contributed by atoms with Crippen LogP contribution in [0.5, 0.6) is 0 Å². The second-order valence-corrected chi connectivity index (χ2v) is 5.22. The number of carboxylic acid groups (broad SMARTS) is 1. The molecular weight excluding hydrogens is 341 g/mol. The fraction of sp³-hybridized carbons (Fsp3) is 0.0667. The van der Waals surface area contributed by atoms with Gasteiger partial charge in [-0.05, 0) is 29.8 Å². The first-order valence-electron chi connectivity index (χ1n) is 6.03. The Balaban J connectivity index is 2.25. The van der Waals surface area contributed by atoms with Crippen molar-refractivity contribution >= 4 is 33.5 Å². The van der Waals surface area contributed by atoms with Crippen molar-refractivity contribution in [1.82, 2.24) is 0 Å². The SMILES string of the molecule is O=C(O)Cc1ccccc1NC(=O)c1ccc(Br)cc1F. The van der Waals surface area contributed by atoms with Crippen LogP contribution >= 0.6 is 15.9 Å². The zero-order chi connectivity index (χ0) is 15.4. The molecule has 0 aliphatic heterocycles. The van der Waals surface area contributed by atoms with Crippen LogP contribution < -0.4 is 5.32 Å². The standard InChI is InChI=1S/C15H11BrFNO3/c16-10-5-6-11(12(17)8-10)15(21)18-13-4-2-1-3-9(13)7-14(19)20/h1-6,8H,7H2,(H,18,21)(H,19,20). The zero-order valence-electron chi connectivity index (χ0n) is 10.8. The number of carboxylic acids is 1. The van der Waals surface area contributed by atoms with Crippen LogP contribution in [0, 0.1) is 5.82 Å². The Hall–Kier alpha value is -2.21. The van der Waals surface area contributed by atoms with Crippen molar-refractivity contribution in [2.24, 2.45) is 0 Å². The lowest BCUT2D eigenvalue weighted by atomic mass is 10.1. The van der Waals surface area contributed by atoms with Crippen molar-refractivity contribution in [3.63, 3.8) is 0 Å². The van der Waals surface area contributed by atoms with E-state index >= 15 is 0 Å². The van der Waals surface area contributed by atoms with Crippen LogP contribution in [0.25, 0.3) is 0 Å². The van der Waals surface area contributed by atoms with Crippen LogP contribution in [0.2, 0.25) is 0 Å². The maximum absolute atomic E-state index is 13.7. The first-order chi connectivity index (χ1) is 9.97. The summed E-state index contributed by atoms with van der Waals surface area (Å²) < 4.78 is 14.3. The summed E-state index contributed by atoms with van der Waals surface area (Å²) in [6, 6.07) is 10.6. The third-order valence-electron chi connectivity index (χ3n) is 2.78. The largest absolute Gasteiger partial charge is 0.481 e. The fourth-order valence-electron chi connectivity index (χ4n) is 1.82. The number of benzene rings is 2. The number of hydrogen-bond acceptors (Lipinski definition) is 2. The number of carbonyl (C=O) groups excluding carboxylic acids is 1. The normalized spacial score (nSPS) is 10.2. The molecule has 2 rings (SSSR count). The molecule has 0 saturated heterocycles. The van der Waals surface area contributed by atoms with E-state index < -0.39 is 17.7 Å². The van der Waals surface area contributed by atoms with Gasteiger partial charge < -0.3 is 10.4 Å². The van der Waals surface area contributed by atoms with Gasteiger partial charge in [0.05, 0.1) is 12.0 Å². The van der Waals surface area contributed by atoms with Crippen LogP contribution in [0.4, 0.5) is 10.1 Å². The molecule has 0 heterocycles. The molecular formula is C15H11BrFNO3. The molecule has 0 aliphatic carbocycles. The second-order valence-electron chi connectivity index (χ2n) is 4.31. The molecule has 0 atom stereocenters. The number of aliphatic carboxylic acids is 1. The van der Waals surface area contributed by atoms with E-state index in [0.29, 0.717) is 15.7 Å². The quantitative estimate of drug-likeness (QED) is 0.886. The van der Waals surface area contributed by atoms with Gasteiger partial charge in [-0.2, -0.15) is 0 Å². The van der Waals surface area contributed by atoms with E-state index in [0.717, 1.165) is 0 Å². The summed E-state index contributed by atoms with van der Waals surface area (Å²) in [7, 11) is 0. The number of hydrogen-bond donors (Lipinski definition) is 2. The van der Waals surface area contributed by atoms with Crippen molar-refractivity contribution in [3.8, 4) is 0 Å². The van der Waals surface area contributed by atoms with E-state index in [-0.39, 0.29) is 12.0 Å². The Bertz CT molecular complexity index is 703. The Morgan fingerprint density at radius 3 is 2.57 bits per heavy atom. The Morgan fingerprint density at radius 1 is 1.19 bits per heavy atom. The van der Waals surface area contributed by atoms with Gasteiger partial charge in [-0.15, -0.1) is 0 Å². The topological polar surface area (TPSA) is 66.4 Å². The smallest absolute Gasteiger partial charge is 0.307 e. The highest BCUT2D eigenvalue weighted by molar-refractivity contribution is 9.10. The van der Waals surface area contributed by atoms with Crippen molar-refractivity contribution in [3.05, 3.63) is 63.9 Å². The highest BCUT2D eigenvalue weighted by Gasteiger charge is 2.14. The first kappa shape index (κ1) is 15.2. The molecule has 4 nitrogen and oxygen atoms in total. The minimum atomic E-state index is -1.01. The van der Waals surface area contributed by atoms with Gasteiger partial charge in [0, 0.05) is 10.2 Å². The highest BCUT2D eigenvalue weighted by Crippen LogP contribution is 2.19. The summed E-state index contributed by atoms with van der Waals surface area (Å²) in [5.41, 5.74) is 0.700. The lowest BCUT2D eigenvalue weighted by Gasteiger charge is -2.10. The Morgan fingerprint density at radius 2 is 1.90 bits per heavy atom. The number of halogens is 2. The van der Waals surface area contributed by atoms with Gasteiger partial charge in [-0.1, -0.05) is 34.1 Å². The minimum Gasteiger partial charge on any atom is -0.481 e. The summed E-state index contributed by atoms with van der Waals surface area (Å²) in [4.78, 5) is 22.9. The van der Waals surface area contributed by atoms with E-state index in [1.165, 1.54) is 12.1 Å². The molecule has 0 saturated carbocycles. The predicted octanol–water partition coefficient (Wildman–Crippen LogP) is 3.47. The van der Waals surface area contributed by atoms with E-state index in [1.807, 2.05) is 0 Å². The van der Waals surface area contributed by atoms with Crippen LogP contribution in [0.15, 0.2) is 46.9 Å². The Kier molecular flexibility index (Phi) is 4.70. The van der Waals surface area contributed by atoms with Gasteiger partial charge in [0.1, 0.15) is 5.82 Å². The maximum atomic E-state index is 13.7. The summed E-state index contributed by atoms with van der Waals surface area (Å²) in [6.45, 7) is 0. The summed E-state index contributed by atoms with van der Waals surface area (Å²) in [5, 5.41) is 11.4. The number of nitrogens with one attached hydrogen (secondary N) is 1. The molecule has 0 unspecified atom stereocenters. The monoisotopic (exact) mass is 351 g/mol. The lowest BCUT2D eigenvalue weighted by molar-refractivity contribution is -0.136. The van der Waals surface area contributed by atoms with E-state index in [9.17, 15) is 14.0 Å². The number of rotatable bonds is 4. The Labute approximate surface area is 128 Å². The van der Waals surface area contributed by atoms with E-state index in [2.05, 4.69) is 21.2 Å². The van der Waals surface area contributed by atoms with Crippen LogP contribution in [0.1, 0.15) is 15.9 Å². The molecule has 0 fully saturated rings. The van der Waals surface area contributed by atoms with Gasteiger partial charge in [0.15, 0.2) is 0 Å². The van der Waals surface area contributed by atoms with Gasteiger partial charge in [-0.25, -0.2) is 4.39 Å². The number of carbonyl (C=O) groups is 2. The first-order valence-corrected chi connectivity index (χ1v) is 6.83. The molecule has 2 N–H and O–H groups in total. The van der Waals surface area contributed by atoms with Gasteiger partial charge in [-0.3, -0.25) is 9.59 Å². The average molecular weight is 352 g/mol. The van der Waals surface area contributed by atoms with Crippen molar-refractivity contribution in [1.29, 1.82) is 0 Å². The maximum Gasteiger partial charge on any atom is 0.307 e. The molecule has 0 aliphatic rings. The molecule has 108 valence electrons. The molecule has 2 aromatic carbocycles. The van der Waals surface area contributed by atoms with Gasteiger partial charge in [0.25, 0.3) is 5.91 Å². The molecule has 0 radical (unpaired) electrons. The third-order valence-corrected chi connectivity index (χ3v) is 3.28. The second kappa shape index (κ2) is 6.49. The average Bonchev–Trinajstić information content (AvgIpc) is 2.40. The summed E-state index contributed by atoms with van der Waals surface area (Å²) in [5.74, 6) is -2.29. The zero-order valence-corrected chi connectivity index (χ0v) is 12.4. The van der Waals surface area contributed by atoms with E-state index in [1.54, 1.807) is 30.3 Å². The predicted molar refractivity (Wildman–Crippen MR) is 79.8 cm³/mol. The minimum absolute atomic E-state index is 0.108. The number of para-hydroxylation sites is 1. The van der Waals surface area contributed by atoms with Crippen LogP contribution in [0.3, 0.4) is 0 Å². The van der Waals surface area contributed by atoms with Crippen LogP contribution in [-0.2, 0) is 11.2 Å². The molecule has 21 heavy (non-hydrogen) atoms. The van der Waals surface area contributed by atoms with Crippen LogP contribution in [-0.4, -0.2) is 17.0 Å². The van der Waals surface area contributed by atoms with Gasteiger partial charge >= 0.3 is 5.97 Å². The number of amides is 1. The lowest BCUT2D eigenvalue weighted by Crippen LogP contribution is -2.15. The van der Waals surface area contributed by atoms with E-state index in [4.69, 9.17) is 5.11 Å². The highest BCUT2D eigenvalue weighted by atomic mass is 79.9. The molecule has 6 heteroatoms. The van der Waals surface area contributed by atoms with Crippen molar-refractivity contribution < 1.29 is 19.1 Å². The molecule has 0 spiro atoms. The molecule has 0 bridgehead atoms. The molecule has 2 aromatic rings. The summed E-state index contributed by atoms with van der Waals surface area (Å²) in [6.07, 6.45) is -0.223. The fourth-order valence-corrected chi connectivity index (χ4v) is 2.16. The summed E-state index contributed by atoms with van der Waals surface area (Å²) >= 11 is 3.11.